The predicted octanol–water partition coefficient (Wildman–Crippen LogP) is 6.08. The quantitative estimate of drug-likeness (QED) is 0.110. The van der Waals surface area contributed by atoms with Gasteiger partial charge in [0.1, 0.15) is 0 Å². The van der Waals surface area contributed by atoms with Crippen LogP contribution in [0.5, 0.6) is 0 Å². The Morgan fingerprint density at radius 2 is 0.246 bits per heavy atom. The fourth-order valence-corrected chi connectivity index (χ4v) is 18.7. The minimum atomic E-state index is -0.618. The summed E-state index contributed by atoms with van der Waals surface area (Å²) in [6.45, 7) is 0. The summed E-state index contributed by atoms with van der Waals surface area (Å²) in [6.07, 6.45) is -3.49. The van der Waals surface area contributed by atoms with Crippen molar-refractivity contribution in [1.82, 2.24) is 42.5 Å². The van der Waals surface area contributed by atoms with Crippen molar-refractivity contribution in [1.29, 1.82) is 0 Å². The van der Waals surface area contributed by atoms with Gasteiger partial charge in [-0.15, -0.1) is 186 Å². The molecule has 5 heterocycles. The number of fused-ring (bicyclic) bond motifs is 20. The molecule has 8 bridgehead atoms. The molecule has 8 N–H and O–H groups in total. The van der Waals surface area contributed by atoms with Gasteiger partial charge in [0, 0.05) is 74.6 Å². The van der Waals surface area contributed by atoms with Crippen molar-refractivity contribution in [3.05, 3.63) is 0 Å². The Morgan fingerprint density at radius 1 is 0.158 bits per heavy atom. The van der Waals surface area contributed by atoms with E-state index in [2.05, 4.69) is 42.5 Å². The maximum absolute atomic E-state index is 7.25. The van der Waals surface area contributed by atoms with Crippen LogP contribution in [0, 0.1) is 47.3 Å². The van der Waals surface area contributed by atoms with E-state index in [-0.39, 0.29) is 74.6 Å². The van der Waals surface area contributed by atoms with Crippen LogP contribution in [0.15, 0.2) is 0 Å². The van der Waals surface area contributed by atoms with Crippen LogP contribution in [0.4, 0.5) is 0 Å². The fraction of sp³-hybridized carbons (Fsp3) is 1.00. The standard InChI is InChI=1S/C32H40Cl16N8.Cd/c33-9-1-2(10(34)18(42)17(9)41)26-49-25(1)53-27-3-4(12(36)20(44)19(43)11(3)35)29(50-27)55-31-7-8(16(40)24(48)23(47)15(7)39)32(52-31)56-30-6-5(28(51-30)54-26)13(37)21(45)22(46)14(6)38;/h1-32,49-56H;. The van der Waals surface area contributed by atoms with Gasteiger partial charge in [-0.3, -0.25) is 42.5 Å². The zero-order valence-corrected chi connectivity index (χ0v) is 45.4. The van der Waals surface area contributed by atoms with Gasteiger partial charge >= 0.3 is 0 Å². The Balaban J connectivity index is 0.00000455. The molecule has 0 aromatic carbocycles. The van der Waals surface area contributed by atoms with Gasteiger partial charge in [0.05, 0.1) is 135 Å². The van der Waals surface area contributed by atoms with Crippen molar-refractivity contribution in [3.63, 3.8) is 0 Å². The number of hydrogen-bond donors (Lipinski definition) is 8. The second kappa shape index (κ2) is 18.6. The minimum absolute atomic E-state index is 0. The topological polar surface area (TPSA) is 96.2 Å². The molecule has 0 aromatic rings. The minimum Gasteiger partial charge on any atom is -0.286 e. The third-order valence-corrected chi connectivity index (χ3v) is 24.7. The summed E-state index contributed by atoms with van der Waals surface area (Å²) in [5, 5.41) is 21.0. The van der Waals surface area contributed by atoms with Crippen molar-refractivity contribution in [2.75, 3.05) is 0 Å². The van der Waals surface area contributed by atoms with E-state index in [1.165, 1.54) is 0 Å². The summed E-state index contributed by atoms with van der Waals surface area (Å²) >= 11 is 113. The zero-order valence-electron chi connectivity index (χ0n) is 29.2. The summed E-state index contributed by atoms with van der Waals surface area (Å²) < 4.78 is 0. The molecule has 9 fully saturated rings. The van der Waals surface area contributed by atoms with E-state index in [1.54, 1.807) is 0 Å². The molecule has 4 saturated carbocycles. The van der Waals surface area contributed by atoms with Crippen LogP contribution >= 0.6 is 186 Å². The van der Waals surface area contributed by atoms with Crippen molar-refractivity contribution in [3.8, 4) is 0 Å². The number of alkyl halides is 16. The van der Waals surface area contributed by atoms with Gasteiger partial charge in [0.15, 0.2) is 0 Å². The molecule has 5 aliphatic heterocycles. The smallest absolute Gasteiger partial charge is 0.0681 e. The van der Waals surface area contributed by atoms with Gasteiger partial charge in [0.25, 0.3) is 0 Å². The Kier molecular flexibility index (Phi) is 15.9. The first kappa shape index (κ1) is 48.7. The van der Waals surface area contributed by atoms with E-state index in [4.69, 9.17) is 186 Å². The predicted molar refractivity (Wildman–Crippen MR) is 238 cm³/mol. The molecule has 0 spiro atoms. The van der Waals surface area contributed by atoms with Crippen LogP contribution < -0.4 is 42.5 Å². The van der Waals surface area contributed by atoms with Crippen LogP contribution in [0.3, 0.4) is 0 Å². The van der Waals surface area contributed by atoms with Crippen molar-refractivity contribution >= 4 is 186 Å². The van der Waals surface area contributed by atoms with Crippen LogP contribution in [-0.4, -0.2) is 135 Å². The number of hydrogen-bond acceptors (Lipinski definition) is 8. The number of halogens is 16. The molecule has 0 aromatic heterocycles. The van der Waals surface area contributed by atoms with Gasteiger partial charge in [0.2, 0.25) is 0 Å². The summed E-state index contributed by atoms with van der Waals surface area (Å²) in [7, 11) is 0. The third kappa shape index (κ3) is 7.87. The molecule has 24 unspecified atom stereocenters. The second-order valence-electron chi connectivity index (χ2n) is 16.9. The number of nitrogens with one attached hydrogen (secondary N) is 8. The zero-order chi connectivity index (χ0) is 40.1. The van der Waals surface area contributed by atoms with E-state index < -0.39 is 135 Å². The SMILES string of the molecule is ClC1C(Cl)C(Cl)C2C3NC(NC4NC(NC5NC(NC6NC(N3)C3C(Cl)C(Cl)C(Cl)C(Cl)C63)C3C(Cl)C(Cl)C(Cl)C(Cl)C53)C3C(Cl)C(Cl)C(Cl)C(Cl)C43)C2C1Cl.[Cd]. The van der Waals surface area contributed by atoms with E-state index in [9.17, 15) is 0 Å². The average Bonchev–Trinajstić information content (AvgIpc) is 3.92. The maximum atomic E-state index is 7.25. The molecule has 4 aliphatic carbocycles. The van der Waals surface area contributed by atoms with E-state index in [0.717, 1.165) is 0 Å². The van der Waals surface area contributed by atoms with Gasteiger partial charge in [-0.1, -0.05) is 0 Å². The Hall–Kier alpha value is 5.24. The van der Waals surface area contributed by atoms with Crippen molar-refractivity contribution < 1.29 is 27.3 Å². The molecule has 322 valence electrons. The molecule has 8 nitrogen and oxygen atoms in total. The van der Waals surface area contributed by atoms with E-state index in [0.29, 0.717) is 0 Å². The average molecular weight is 1220 g/mol. The molecule has 57 heavy (non-hydrogen) atoms. The van der Waals surface area contributed by atoms with Gasteiger partial charge < -0.3 is 0 Å². The Morgan fingerprint density at radius 3 is 0.333 bits per heavy atom. The monoisotopic (exact) mass is 1210 g/mol. The Bertz CT molecular complexity index is 1170. The molecular weight excluding hydrogens is 1180 g/mol. The third-order valence-electron chi connectivity index (χ3n) is 14.3. The molecule has 0 radical (unpaired) electrons. The molecule has 25 heteroatoms. The number of rotatable bonds is 0. The van der Waals surface area contributed by atoms with Gasteiger partial charge in [-0.2, -0.15) is 0 Å². The van der Waals surface area contributed by atoms with E-state index >= 15 is 0 Å². The molecule has 9 rings (SSSR count). The second-order valence-corrected chi connectivity index (χ2v) is 24.9. The van der Waals surface area contributed by atoms with Crippen LogP contribution in [0.2, 0.25) is 0 Å². The maximum Gasteiger partial charge on any atom is 0.0681 e. The largest absolute Gasteiger partial charge is 0.286 e. The summed E-state index contributed by atoms with van der Waals surface area (Å²) in [4.78, 5) is 0. The normalized spacial score (nSPS) is 64.8. The first-order chi connectivity index (χ1) is 26.4. The van der Waals surface area contributed by atoms with Crippen LogP contribution in [0.1, 0.15) is 0 Å². The van der Waals surface area contributed by atoms with Gasteiger partial charge in [-0.25, -0.2) is 0 Å². The summed E-state index contributed by atoms with van der Waals surface area (Å²) in [6, 6.07) is 0. The summed E-state index contributed by atoms with van der Waals surface area (Å²) in [5.74, 6) is -2.37. The summed E-state index contributed by atoms with van der Waals surface area (Å²) in [5.41, 5.74) is 0. The van der Waals surface area contributed by atoms with Crippen LogP contribution in [-0.2, 0) is 27.3 Å². The first-order valence-electron chi connectivity index (χ1n) is 18.8. The molecular formula is C32H40CdCl16N8. The molecule has 0 amide bonds. The van der Waals surface area contributed by atoms with Crippen molar-refractivity contribution in [2.45, 2.75) is 135 Å². The molecule has 5 saturated heterocycles. The molecule has 24 atom stereocenters. The van der Waals surface area contributed by atoms with E-state index in [1.807, 2.05) is 0 Å². The Labute approximate surface area is 433 Å². The molecule has 9 aliphatic rings. The van der Waals surface area contributed by atoms with Gasteiger partial charge in [-0.05, 0) is 0 Å². The van der Waals surface area contributed by atoms with Crippen LogP contribution in [0.25, 0.3) is 0 Å². The first-order valence-corrected chi connectivity index (χ1v) is 25.8. The fourth-order valence-electron chi connectivity index (χ4n) is 11.8. The van der Waals surface area contributed by atoms with Crippen molar-refractivity contribution in [2.24, 2.45) is 47.3 Å².